The van der Waals surface area contributed by atoms with Gasteiger partial charge in [-0.15, -0.1) is 0 Å². The molecule has 0 saturated heterocycles. The van der Waals surface area contributed by atoms with Crippen LogP contribution in [0.25, 0.3) is 0 Å². The number of amides is 1. The SMILES string of the molecule is [2H]C([2H])([2H])C([2H])([2H])C([2H])([2H])C([2H])([2H])C([2H])([2H])C([2H])([2H])C([2H])([2H])C([2H])([2H])C([2H])([2H])C([2H])([2H])C([2H])([2H])C([2H])([2H])C([2H])([2H])C([2H])([2H])C([2H])([2H])C([2H])([2H])C([2H])([2H])C(N)=O. The largest absolute Gasteiger partial charge is 0.370 e. The average Bonchev–Trinajstić information content (AvgIpc) is 2.94. The van der Waals surface area contributed by atoms with Gasteiger partial charge in [0.25, 0.3) is 0 Å². The molecule has 0 bridgehead atoms. The molecule has 0 spiro atoms. The fourth-order valence-corrected chi connectivity index (χ4v) is 0.499. The van der Waals surface area contributed by atoms with Crippen LogP contribution >= 0.6 is 0 Å². The Hall–Kier alpha value is -0.530. The molecule has 0 aliphatic rings. The van der Waals surface area contributed by atoms with Gasteiger partial charge in [-0.25, -0.2) is 0 Å². The number of hydrogen-bond acceptors (Lipinski definition) is 1. The van der Waals surface area contributed by atoms with Crippen molar-refractivity contribution in [2.24, 2.45) is 5.73 Å². The molecule has 2 nitrogen and oxygen atoms in total. The van der Waals surface area contributed by atoms with Crippen molar-refractivity contribution in [1.82, 2.24) is 0 Å². The molecule has 0 rings (SSSR count). The quantitative estimate of drug-likeness (QED) is 0.388. The Morgan fingerprint density at radius 3 is 1.45 bits per heavy atom. The molecule has 0 aromatic carbocycles. The van der Waals surface area contributed by atoms with Gasteiger partial charge in [-0.05, 0) is 6.37 Å². The second-order valence-electron chi connectivity index (χ2n) is 2.36. The van der Waals surface area contributed by atoms with Crippen molar-refractivity contribution < 1.29 is 52.8 Å². The van der Waals surface area contributed by atoms with Gasteiger partial charge in [0.15, 0.2) is 0 Å². The molecule has 2 heteroatoms. The van der Waals surface area contributed by atoms with E-state index in [4.69, 9.17) is 53.7 Å². The van der Waals surface area contributed by atoms with Crippen LogP contribution in [0.15, 0.2) is 0 Å². The van der Waals surface area contributed by atoms with Gasteiger partial charge in [0.1, 0.15) is 0 Å². The lowest BCUT2D eigenvalue weighted by molar-refractivity contribution is -0.118. The zero-order chi connectivity index (χ0) is 46.1. The van der Waals surface area contributed by atoms with Gasteiger partial charge in [-0.2, -0.15) is 0 Å². The summed E-state index contributed by atoms with van der Waals surface area (Å²) in [6.07, 6.45) is -79.1. The van der Waals surface area contributed by atoms with E-state index in [9.17, 15) is 4.79 Å². The Labute approximate surface area is 176 Å². The predicted octanol–water partition coefficient (Wildman–Crippen LogP) is 5.73. The zero-order valence-electron chi connectivity index (χ0n) is 45.0. The van der Waals surface area contributed by atoms with Crippen LogP contribution in [0.2, 0.25) is 0 Å². The molecule has 120 valence electrons. The molecule has 0 saturated carbocycles. The third kappa shape index (κ3) is 17.5. The molecule has 20 heavy (non-hydrogen) atoms. The topological polar surface area (TPSA) is 43.1 Å². The lowest BCUT2D eigenvalue weighted by atomic mass is 10.0. The lowest BCUT2D eigenvalue weighted by Gasteiger charge is -2.03. The molecular weight excluding hydrogens is 246 g/mol. The molecule has 1 amide bonds. The van der Waals surface area contributed by atoms with Crippen LogP contribution in [0, 0.1) is 0 Å². The van der Waals surface area contributed by atoms with E-state index in [1.165, 1.54) is 0 Å². The Balaban J connectivity index is 7.83. The molecule has 0 radical (unpaired) electrons. The van der Waals surface area contributed by atoms with E-state index in [1.54, 1.807) is 0 Å². The summed E-state index contributed by atoms with van der Waals surface area (Å²) in [6, 6.07) is 0. The van der Waals surface area contributed by atoms with Crippen LogP contribution in [0.3, 0.4) is 0 Å². The maximum atomic E-state index is 11.6. The van der Waals surface area contributed by atoms with E-state index < -0.39 is 115 Å². The summed E-state index contributed by atoms with van der Waals surface area (Å²) >= 11 is 0. The minimum atomic E-state index is -5.23. The monoisotopic (exact) mass is 319 g/mol. The van der Waals surface area contributed by atoms with Crippen molar-refractivity contribution in [1.29, 1.82) is 0 Å². The number of hydrogen-bond donors (Lipinski definition) is 1. The van der Waals surface area contributed by atoms with Gasteiger partial charge in [0.05, 0.1) is 0 Å². The summed E-state index contributed by atoms with van der Waals surface area (Å²) in [4.78, 5) is 11.6. The first-order chi connectivity index (χ1) is 22.9. The normalized spacial score (nSPS) is 48.9. The van der Waals surface area contributed by atoms with Crippen molar-refractivity contribution in [2.45, 2.75) is 109 Å². The number of rotatable bonds is 16. The maximum absolute atomic E-state index is 11.6. The summed E-state index contributed by atoms with van der Waals surface area (Å²) in [5, 5.41) is 0. The van der Waals surface area contributed by atoms with Crippen LogP contribution in [0.5, 0.6) is 0 Å². The van der Waals surface area contributed by atoms with E-state index in [2.05, 4.69) is 0 Å². The first-order valence-corrected chi connectivity index (χ1v) is 4.74. The first-order valence-electron chi connectivity index (χ1n) is 22.2. The minimum Gasteiger partial charge on any atom is -0.370 e. The summed E-state index contributed by atoms with van der Waals surface area (Å²) in [6.45, 7) is -4.14. The van der Waals surface area contributed by atoms with Gasteiger partial charge in [-0.3, -0.25) is 4.79 Å². The van der Waals surface area contributed by atoms with Crippen LogP contribution in [-0.4, -0.2) is 5.91 Å². The van der Waals surface area contributed by atoms with Crippen LogP contribution in [-0.2, 0) is 4.79 Å². The average molecular weight is 319 g/mol. The van der Waals surface area contributed by atoms with Crippen molar-refractivity contribution in [3.8, 4) is 0 Å². The Bertz CT molecular complexity index is 1440. The van der Waals surface area contributed by atoms with Gasteiger partial charge in [-0.1, -0.05) is 96.1 Å². The second-order valence-corrected chi connectivity index (χ2v) is 2.36. The highest BCUT2D eigenvalue weighted by molar-refractivity contribution is 5.73. The summed E-state index contributed by atoms with van der Waals surface area (Å²) < 4.78 is 278. The number of primary amides is 1. The molecule has 0 unspecified atom stereocenters. The molecule has 0 aliphatic heterocycles. The van der Waals surface area contributed by atoms with Crippen molar-refractivity contribution in [2.75, 3.05) is 0 Å². The number of carbonyl (C=O) groups is 1. The van der Waals surface area contributed by atoms with E-state index >= 15 is 0 Å². The van der Waals surface area contributed by atoms with Crippen molar-refractivity contribution in [3.63, 3.8) is 0 Å². The summed E-state index contributed by atoms with van der Waals surface area (Å²) in [5.74, 6) is -2.30. The van der Waals surface area contributed by atoms with Gasteiger partial charge >= 0.3 is 0 Å². The fraction of sp³-hybridized carbons (Fsp3) is 0.944. The second kappa shape index (κ2) is 16.5. The van der Waals surface area contributed by atoms with E-state index in [-0.39, 0.29) is 0 Å². The Morgan fingerprint density at radius 1 is 0.750 bits per heavy atom. The van der Waals surface area contributed by atoms with E-state index in [0.717, 1.165) is 0 Å². The van der Waals surface area contributed by atoms with E-state index in [1.807, 2.05) is 0 Å². The molecule has 2 N–H and O–H groups in total. The van der Waals surface area contributed by atoms with Crippen LogP contribution in [0.4, 0.5) is 0 Å². The van der Waals surface area contributed by atoms with Crippen molar-refractivity contribution >= 4 is 5.91 Å². The maximum Gasteiger partial charge on any atom is 0.217 e. The molecule has 0 heterocycles. The highest BCUT2D eigenvalue weighted by atomic mass is 16.1. The van der Waals surface area contributed by atoms with Crippen LogP contribution in [0.1, 0.15) is 157 Å². The molecule has 0 atom stereocenters. The summed E-state index contributed by atoms with van der Waals surface area (Å²) in [7, 11) is 0. The number of carbonyl (C=O) groups excluding carboxylic acids is 1. The fourth-order valence-electron chi connectivity index (χ4n) is 0.499. The smallest absolute Gasteiger partial charge is 0.217 e. The third-order valence-corrected chi connectivity index (χ3v) is 1.06. The standard InChI is InChI=1S/C18H37NO/c1-2-3-4-5-6-7-8-9-10-11-12-13-14-15-16-17-18(19)20/h2-17H2,1H3,(H2,19,20)/i1D3,2D2,3D2,4D2,5D2,6D2,7D2,8D2,9D2,10D2,11D2,12D2,13D2,14D2,15D2,16D2,17D2. The Morgan fingerprint density at radius 2 is 1.10 bits per heavy atom. The van der Waals surface area contributed by atoms with E-state index in [0.29, 0.717) is 0 Å². The first kappa shape index (κ1) is 2.32. The molecule has 0 aromatic rings. The molecule has 0 aliphatic carbocycles. The highest BCUT2D eigenvalue weighted by Gasteiger charge is 1.96. The van der Waals surface area contributed by atoms with Gasteiger partial charge in [0, 0.05) is 54.3 Å². The minimum absolute atomic E-state index is 2.30. The molecule has 0 aromatic heterocycles. The van der Waals surface area contributed by atoms with Gasteiger partial charge < -0.3 is 5.73 Å². The lowest BCUT2D eigenvalue weighted by Crippen LogP contribution is -2.09. The predicted molar refractivity (Wildman–Crippen MR) is 88.7 cm³/mol. The third-order valence-electron chi connectivity index (χ3n) is 1.06. The van der Waals surface area contributed by atoms with Crippen molar-refractivity contribution in [3.05, 3.63) is 0 Å². The molecule has 0 fully saturated rings. The molecular formula is C18H37NO. The summed E-state index contributed by atoms with van der Waals surface area (Å²) in [5.41, 5.74) is 4.72. The highest BCUT2D eigenvalue weighted by Crippen LogP contribution is 2.13. The Kier molecular flexibility index (Phi) is 1.92. The zero-order valence-corrected chi connectivity index (χ0v) is 9.99. The van der Waals surface area contributed by atoms with Crippen LogP contribution < -0.4 is 5.73 Å². The van der Waals surface area contributed by atoms with Gasteiger partial charge in [0.2, 0.25) is 5.91 Å². The number of nitrogens with two attached hydrogens (primary N) is 1.